The van der Waals surface area contributed by atoms with Crippen LogP contribution in [0.25, 0.3) is 27.9 Å². The molecule has 4 aromatic heterocycles. The largest absolute Gasteiger partial charge is 0.368 e. The molecule has 5 aromatic rings. The normalized spacial score (nSPS) is 12.3. The molecule has 0 spiro atoms. The third-order valence-corrected chi connectivity index (χ3v) is 5.20. The van der Waals surface area contributed by atoms with Crippen molar-refractivity contribution in [1.29, 1.82) is 0 Å². The molecule has 0 aliphatic heterocycles. The van der Waals surface area contributed by atoms with Crippen LogP contribution in [0.5, 0.6) is 0 Å². The number of pyridine rings is 1. The number of benzene rings is 1. The minimum Gasteiger partial charge on any atom is -0.368 e. The number of hydrogen-bond acceptors (Lipinski definition) is 7. The summed E-state index contributed by atoms with van der Waals surface area (Å²) in [5, 5.41) is 3.33. The fraction of sp³-hybridized carbons (Fsp3) is 0.136. The van der Waals surface area contributed by atoms with Crippen molar-refractivity contribution in [3.8, 4) is 11.1 Å². The Bertz CT molecular complexity index is 1470. The van der Waals surface area contributed by atoms with Crippen LogP contribution in [0.1, 0.15) is 24.4 Å². The molecule has 5 rings (SSSR count). The summed E-state index contributed by atoms with van der Waals surface area (Å²) in [6, 6.07) is 14.8. The monoisotopic (exact) mass is 412 g/mol. The first-order valence-electron chi connectivity index (χ1n) is 9.84. The van der Waals surface area contributed by atoms with E-state index in [2.05, 4.69) is 25.3 Å². The summed E-state index contributed by atoms with van der Waals surface area (Å²) >= 11 is 0. The summed E-state index contributed by atoms with van der Waals surface area (Å²) in [4.78, 5) is 34.1. The molecule has 0 radical (unpaired) electrons. The van der Waals surface area contributed by atoms with Crippen molar-refractivity contribution in [1.82, 2.24) is 29.3 Å². The lowest BCUT2D eigenvalue weighted by Crippen LogP contribution is -2.24. The molecule has 9 nitrogen and oxygen atoms in total. The van der Waals surface area contributed by atoms with Gasteiger partial charge in [0, 0.05) is 5.69 Å². The number of nitrogens with two attached hydrogens (primary N) is 1. The zero-order chi connectivity index (χ0) is 21.5. The summed E-state index contributed by atoms with van der Waals surface area (Å²) < 4.78 is 1.63. The molecule has 0 saturated carbocycles. The molecule has 0 aliphatic carbocycles. The van der Waals surface area contributed by atoms with E-state index in [1.807, 2.05) is 62.4 Å². The highest BCUT2D eigenvalue weighted by atomic mass is 16.1. The van der Waals surface area contributed by atoms with E-state index < -0.39 is 0 Å². The number of aryl methyl sites for hydroxylation is 1. The predicted molar refractivity (Wildman–Crippen MR) is 120 cm³/mol. The van der Waals surface area contributed by atoms with Crippen molar-refractivity contribution in [3.05, 3.63) is 76.6 Å². The van der Waals surface area contributed by atoms with E-state index >= 15 is 0 Å². The van der Waals surface area contributed by atoms with E-state index in [0.29, 0.717) is 33.9 Å². The molecule has 0 saturated heterocycles. The Balaban J connectivity index is 1.71. The third-order valence-electron chi connectivity index (χ3n) is 5.20. The van der Waals surface area contributed by atoms with E-state index in [1.165, 1.54) is 6.33 Å². The Morgan fingerprint density at radius 2 is 1.87 bits per heavy atom. The van der Waals surface area contributed by atoms with Crippen LogP contribution in [0.4, 0.5) is 11.8 Å². The lowest BCUT2D eigenvalue weighted by atomic mass is 10.0. The number of nitrogens with one attached hydrogen (secondary N) is 2. The Morgan fingerprint density at radius 1 is 1.06 bits per heavy atom. The van der Waals surface area contributed by atoms with Crippen LogP contribution in [0.2, 0.25) is 0 Å². The topological polar surface area (TPSA) is 127 Å². The molecule has 0 bridgehead atoms. The van der Waals surface area contributed by atoms with Gasteiger partial charge in [0.25, 0.3) is 5.56 Å². The van der Waals surface area contributed by atoms with Gasteiger partial charge >= 0.3 is 0 Å². The number of nitrogen functional groups attached to an aromatic ring is 1. The molecule has 1 aromatic carbocycles. The summed E-state index contributed by atoms with van der Waals surface area (Å²) in [6.07, 6.45) is 1.54. The van der Waals surface area contributed by atoms with Gasteiger partial charge in [-0.3, -0.25) is 9.20 Å². The highest BCUT2D eigenvalue weighted by Gasteiger charge is 2.21. The van der Waals surface area contributed by atoms with Gasteiger partial charge in [-0.25, -0.2) is 9.97 Å². The molecular formula is C22H20N8O. The van der Waals surface area contributed by atoms with Crippen LogP contribution >= 0.6 is 0 Å². The maximum atomic E-state index is 13.6. The van der Waals surface area contributed by atoms with Crippen LogP contribution < -0.4 is 16.6 Å². The number of imidazole rings is 1. The number of H-pyrrole nitrogens is 1. The lowest BCUT2D eigenvalue weighted by molar-refractivity contribution is 0.821. The molecular weight excluding hydrogens is 392 g/mol. The lowest BCUT2D eigenvalue weighted by Gasteiger charge is -2.19. The van der Waals surface area contributed by atoms with E-state index in [1.54, 1.807) is 4.40 Å². The van der Waals surface area contributed by atoms with Gasteiger partial charge in [-0.2, -0.15) is 9.97 Å². The highest BCUT2D eigenvalue weighted by molar-refractivity contribution is 5.83. The SMILES string of the molecule is Cc1cccc2nc(C(C)Nc3nc(N)nc4nc[nH]c34)c(-c3ccccc3)c(=O)n12. The first-order chi connectivity index (χ1) is 15.0. The predicted octanol–water partition coefficient (Wildman–Crippen LogP) is 3.09. The van der Waals surface area contributed by atoms with Crippen molar-refractivity contribution < 1.29 is 0 Å². The Hall–Kier alpha value is -4.27. The van der Waals surface area contributed by atoms with Gasteiger partial charge in [0.05, 0.1) is 23.6 Å². The number of fused-ring (bicyclic) bond motifs is 2. The molecule has 4 heterocycles. The molecule has 0 fully saturated rings. The Labute approximate surface area is 177 Å². The van der Waals surface area contributed by atoms with Crippen LogP contribution in [-0.2, 0) is 0 Å². The smallest absolute Gasteiger partial charge is 0.266 e. The average Bonchev–Trinajstić information content (AvgIpc) is 3.22. The molecule has 0 amide bonds. The van der Waals surface area contributed by atoms with Gasteiger partial charge < -0.3 is 16.0 Å². The number of hydrogen-bond donors (Lipinski definition) is 3. The molecule has 4 N–H and O–H groups in total. The first-order valence-corrected chi connectivity index (χ1v) is 9.84. The minimum absolute atomic E-state index is 0.111. The molecule has 0 aliphatic rings. The zero-order valence-corrected chi connectivity index (χ0v) is 17.0. The van der Waals surface area contributed by atoms with Crippen molar-refractivity contribution in [2.75, 3.05) is 11.1 Å². The number of nitrogens with zero attached hydrogens (tertiary/aromatic N) is 5. The van der Waals surface area contributed by atoms with E-state index in [9.17, 15) is 4.79 Å². The molecule has 31 heavy (non-hydrogen) atoms. The molecule has 1 atom stereocenters. The van der Waals surface area contributed by atoms with E-state index in [4.69, 9.17) is 10.7 Å². The van der Waals surface area contributed by atoms with Crippen LogP contribution in [-0.4, -0.2) is 29.3 Å². The second-order valence-electron chi connectivity index (χ2n) is 7.30. The van der Waals surface area contributed by atoms with Gasteiger partial charge in [0.15, 0.2) is 11.5 Å². The second-order valence-corrected chi connectivity index (χ2v) is 7.30. The number of rotatable bonds is 4. The van der Waals surface area contributed by atoms with Crippen molar-refractivity contribution in [3.63, 3.8) is 0 Å². The fourth-order valence-electron chi connectivity index (χ4n) is 3.77. The van der Waals surface area contributed by atoms with Gasteiger partial charge in [-0.15, -0.1) is 0 Å². The average molecular weight is 412 g/mol. The third kappa shape index (κ3) is 3.16. The van der Waals surface area contributed by atoms with Crippen LogP contribution in [0, 0.1) is 6.92 Å². The number of aromatic amines is 1. The Morgan fingerprint density at radius 3 is 2.68 bits per heavy atom. The summed E-state index contributed by atoms with van der Waals surface area (Å²) in [7, 11) is 0. The zero-order valence-electron chi connectivity index (χ0n) is 17.0. The van der Waals surface area contributed by atoms with E-state index in [-0.39, 0.29) is 17.5 Å². The summed E-state index contributed by atoms with van der Waals surface area (Å²) in [6.45, 7) is 3.83. The standard InChI is InChI=1S/C22H20N8O/c1-12-7-6-10-15-27-17(16(21(31)30(12)15)14-8-4-3-5-9-14)13(2)26-20-18-19(25-11-24-18)28-22(23)29-20/h3-11,13H,1-2H3,(H4,23,24,25,26,28,29). The fourth-order valence-corrected chi connectivity index (χ4v) is 3.77. The maximum absolute atomic E-state index is 13.6. The highest BCUT2D eigenvalue weighted by Crippen LogP contribution is 2.28. The number of aromatic nitrogens is 6. The van der Waals surface area contributed by atoms with Crippen molar-refractivity contribution in [2.45, 2.75) is 19.9 Å². The second kappa shape index (κ2) is 7.21. The van der Waals surface area contributed by atoms with Crippen molar-refractivity contribution >= 4 is 28.6 Å². The summed E-state index contributed by atoms with van der Waals surface area (Å²) in [5.74, 6) is 0.609. The molecule has 154 valence electrons. The van der Waals surface area contributed by atoms with Gasteiger partial charge in [-0.05, 0) is 31.5 Å². The van der Waals surface area contributed by atoms with Gasteiger partial charge in [0.1, 0.15) is 11.2 Å². The Kier molecular flexibility index (Phi) is 4.36. The van der Waals surface area contributed by atoms with Gasteiger partial charge in [0.2, 0.25) is 5.95 Å². The first kappa shape index (κ1) is 18.7. The maximum Gasteiger partial charge on any atom is 0.266 e. The van der Waals surface area contributed by atoms with E-state index in [0.717, 1.165) is 11.3 Å². The van der Waals surface area contributed by atoms with Crippen LogP contribution in [0.3, 0.4) is 0 Å². The van der Waals surface area contributed by atoms with Gasteiger partial charge in [-0.1, -0.05) is 36.4 Å². The molecule has 9 heteroatoms. The number of anilines is 2. The summed E-state index contributed by atoms with van der Waals surface area (Å²) in [5.41, 5.74) is 10.2. The van der Waals surface area contributed by atoms with Crippen LogP contribution in [0.15, 0.2) is 59.7 Å². The molecule has 1 unspecified atom stereocenters. The minimum atomic E-state index is -0.353. The quantitative estimate of drug-likeness (QED) is 0.414. The van der Waals surface area contributed by atoms with Crippen molar-refractivity contribution in [2.24, 2.45) is 0 Å².